The highest BCUT2D eigenvalue weighted by Crippen LogP contribution is 2.22. The number of anilines is 5. The average Bonchev–Trinajstić information content (AvgIpc) is 2.60. The van der Waals surface area contributed by atoms with Crippen LogP contribution in [0.1, 0.15) is 18.1 Å². The summed E-state index contributed by atoms with van der Waals surface area (Å²) in [6.45, 7) is 5.65. The minimum absolute atomic E-state index is 0.0939. The van der Waals surface area contributed by atoms with Crippen LogP contribution in [-0.2, 0) is 4.79 Å². The summed E-state index contributed by atoms with van der Waals surface area (Å²) >= 11 is 0. The number of carbonyl (C=O) groups is 1. The number of nitrogens with zero attached hydrogens (tertiary/aromatic N) is 2. The van der Waals surface area contributed by atoms with Gasteiger partial charge in [-0.2, -0.15) is 0 Å². The van der Waals surface area contributed by atoms with E-state index in [4.69, 9.17) is 0 Å². The van der Waals surface area contributed by atoms with E-state index in [1.807, 2.05) is 36.4 Å². The van der Waals surface area contributed by atoms with Gasteiger partial charge in [0.1, 0.15) is 18.0 Å². The van der Waals surface area contributed by atoms with Crippen LogP contribution in [0.4, 0.5) is 28.7 Å². The molecule has 0 radical (unpaired) electrons. The van der Waals surface area contributed by atoms with Crippen molar-refractivity contribution in [2.75, 3.05) is 16.0 Å². The SMILES string of the molecule is CC(=O)Nc1ccc(Nc2cc(Nc3ccc(C)c(C)c3)ncn2)cc1. The maximum atomic E-state index is 11.1. The molecule has 0 aliphatic carbocycles. The molecule has 1 aromatic heterocycles. The highest BCUT2D eigenvalue weighted by atomic mass is 16.1. The lowest BCUT2D eigenvalue weighted by atomic mass is 10.1. The predicted octanol–water partition coefficient (Wildman–Crippen LogP) is 4.54. The van der Waals surface area contributed by atoms with Crippen LogP contribution in [0.25, 0.3) is 0 Å². The molecule has 2 aromatic carbocycles. The van der Waals surface area contributed by atoms with E-state index in [1.165, 1.54) is 24.4 Å². The summed E-state index contributed by atoms with van der Waals surface area (Å²) in [5.41, 5.74) is 5.08. The third kappa shape index (κ3) is 4.57. The molecule has 1 amide bonds. The largest absolute Gasteiger partial charge is 0.340 e. The minimum Gasteiger partial charge on any atom is -0.340 e. The maximum Gasteiger partial charge on any atom is 0.221 e. The molecular formula is C20H21N5O. The summed E-state index contributed by atoms with van der Waals surface area (Å²) in [5, 5.41) is 9.26. The highest BCUT2D eigenvalue weighted by molar-refractivity contribution is 5.88. The van der Waals surface area contributed by atoms with Gasteiger partial charge in [0.2, 0.25) is 5.91 Å². The van der Waals surface area contributed by atoms with E-state index in [-0.39, 0.29) is 5.91 Å². The van der Waals surface area contributed by atoms with Crippen molar-refractivity contribution in [2.45, 2.75) is 20.8 Å². The van der Waals surface area contributed by atoms with Crippen molar-refractivity contribution in [3.05, 3.63) is 66.0 Å². The zero-order valence-electron chi connectivity index (χ0n) is 15.0. The van der Waals surface area contributed by atoms with Gasteiger partial charge in [-0.05, 0) is 61.4 Å². The molecule has 6 nitrogen and oxygen atoms in total. The fraction of sp³-hybridized carbons (Fsp3) is 0.150. The van der Waals surface area contributed by atoms with Crippen molar-refractivity contribution in [1.82, 2.24) is 9.97 Å². The molecule has 132 valence electrons. The van der Waals surface area contributed by atoms with E-state index < -0.39 is 0 Å². The molecule has 0 spiro atoms. The first-order chi connectivity index (χ1) is 12.5. The second-order valence-electron chi connectivity index (χ2n) is 6.10. The van der Waals surface area contributed by atoms with E-state index >= 15 is 0 Å². The lowest BCUT2D eigenvalue weighted by molar-refractivity contribution is -0.114. The van der Waals surface area contributed by atoms with Gasteiger partial charge < -0.3 is 16.0 Å². The zero-order valence-corrected chi connectivity index (χ0v) is 15.0. The monoisotopic (exact) mass is 347 g/mol. The quantitative estimate of drug-likeness (QED) is 0.631. The Hall–Kier alpha value is -3.41. The summed E-state index contributed by atoms with van der Waals surface area (Å²) in [4.78, 5) is 19.6. The Morgan fingerprint density at radius 2 is 1.35 bits per heavy atom. The second-order valence-corrected chi connectivity index (χ2v) is 6.10. The van der Waals surface area contributed by atoms with Crippen LogP contribution in [0.15, 0.2) is 54.9 Å². The molecule has 0 saturated heterocycles. The van der Waals surface area contributed by atoms with Gasteiger partial charge in [-0.3, -0.25) is 4.79 Å². The van der Waals surface area contributed by atoms with E-state index in [2.05, 4.69) is 51.9 Å². The Morgan fingerprint density at radius 1 is 0.769 bits per heavy atom. The van der Waals surface area contributed by atoms with Gasteiger partial charge in [0.15, 0.2) is 0 Å². The Bertz CT molecular complexity index is 922. The van der Waals surface area contributed by atoms with Crippen molar-refractivity contribution in [3.8, 4) is 0 Å². The number of benzene rings is 2. The average molecular weight is 347 g/mol. The molecule has 0 saturated carbocycles. The fourth-order valence-electron chi connectivity index (χ4n) is 2.45. The van der Waals surface area contributed by atoms with Crippen LogP contribution in [-0.4, -0.2) is 15.9 Å². The lowest BCUT2D eigenvalue weighted by Crippen LogP contribution is -2.05. The summed E-state index contributed by atoms with van der Waals surface area (Å²) in [5.74, 6) is 1.29. The third-order valence-corrected chi connectivity index (χ3v) is 3.92. The molecule has 26 heavy (non-hydrogen) atoms. The Balaban J connectivity index is 1.70. The van der Waals surface area contributed by atoms with Gasteiger partial charge in [-0.1, -0.05) is 6.07 Å². The third-order valence-electron chi connectivity index (χ3n) is 3.92. The molecule has 0 bridgehead atoms. The topological polar surface area (TPSA) is 78.9 Å². The van der Waals surface area contributed by atoms with Gasteiger partial charge in [0.05, 0.1) is 0 Å². The molecule has 0 aliphatic heterocycles. The molecule has 3 rings (SSSR count). The first kappa shape index (κ1) is 17.4. The maximum absolute atomic E-state index is 11.1. The number of hydrogen-bond donors (Lipinski definition) is 3. The molecule has 1 heterocycles. The summed E-state index contributed by atoms with van der Waals surface area (Å²) < 4.78 is 0. The van der Waals surface area contributed by atoms with Crippen molar-refractivity contribution in [3.63, 3.8) is 0 Å². The Kier molecular flexibility index (Phi) is 5.12. The normalized spacial score (nSPS) is 10.3. The standard InChI is InChI=1S/C20H21N5O/c1-13-4-5-18(10-14(13)2)25-20-11-19(21-12-22-20)24-17-8-6-16(7-9-17)23-15(3)26/h4-12H,1-3H3,(H,23,26)(H2,21,22,24,25). The Labute approximate surface area is 152 Å². The summed E-state index contributed by atoms with van der Waals surface area (Å²) in [7, 11) is 0. The minimum atomic E-state index is -0.0939. The van der Waals surface area contributed by atoms with Crippen LogP contribution in [0.2, 0.25) is 0 Å². The molecule has 0 aliphatic rings. The van der Waals surface area contributed by atoms with E-state index in [9.17, 15) is 4.79 Å². The van der Waals surface area contributed by atoms with Crippen LogP contribution in [0.5, 0.6) is 0 Å². The molecule has 6 heteroatoms. The van der Waals surface area contributed by atoms with Crippen molar-refractivity contribution in [2.24, 2.45) is 0 Å². The summed E-state index contributed by atoms with van der Waals surface area (Å²) in [6, 6.07) is 15.5. The molecule has 0 fully saturated rings. The van der Waals surface area contributed by atoms with Gasteiger partial charge in [0, 0.05) is 30.1 Å². The van der Waals surface area contributed by atoms with E-state index in [1.54, 1.807) is 0 Å². The van der Waals surface area contributed by atoms with Gasteiger partial charge in [-0.25, -0.2) is 9.97 Å². The first-order valence-corrected chi connectivity index (χ1v) is 8.30. The van der Waals surface area contributed by atoms with E-state index in [0.717, 1.165) is 17.1 Å². The summed E-state index contributed by atoms with van der Waals surface area (Å²) in [6.07, 6.45) is 1.51. The number of nitrogens with one attached hydrogen (secondary N) is 3. The van der Waals surface area contributed by atoms with Gasteiger partial charge >= 0.3 is 0 Å². The number of aryl methyl sites for hydroxylation is 2. The van der Waals surface area contributed by atoms with Crippen molar-refractivity contribution in [1.29, 1.82) is 0 Å². The van der Waals surface area contributed by atoms with Crippen LogP contribution >= 0.6 is 0 Å². The second kappa shape index (κ2) is 7.65. The highest BCUT2D eigenvalue weighted by Gasteiger charge is 2.03. The molecule has 3 aromatic rings. The number of hydrogen-bond acceptors (Lipinski definition) is 5. The predicted molar refractivity (Wildman–Crippen MR) is 105 cm³/mol. The van der Waals surface area contributed by atoms with Crippen LogP contribution in [0, 0.1) is 13.8 Å². The van der Waals surface area contributed by atoms with Gasteiger partial charge in [0.25, 0.3) is 0 Å². The first-order valence-electron chi connectivity index (χ1n) is 8.30. The lowest BCUT2D eigenvalue weighted by Gasteiger charge is -2.10. The van der Waals surface area contributed by atoms with Crippen LogP contribution in [0.3, 0.4) is 0 Å². The fourth-order valence-corrected chi connectivity index (χ4v) is 2.45. The molecular weight excluding hydrogens is 326 g/mol. The molecule has 0 unspecified atom stereocenters. The number of amides is 1. The van der Waals surface area contributed by atoms with Crippen molar-refractivity contribution >= 4 is 34.6 Å². The van der Waals surface area contributed by atoms with Gasteiger partial charge in [-0.15, -0.1) is 0 Å². The number of rotatable bonds is 5. The number of carbonyl (C=O) groups excluding carboxylic acids is 1. The molecule has 3 N–H and O–H groups in total. The van der Waals surface area contributed by atoms with Crippen LogP contribution < -0.4 is 16.0 Å². The number of aromatic nitrogens is 2. The smallest absolute Gasteiger partial charge is 0.221 e. The molecule has 0 atom stereocenters. The zero-order chi connectivity index (χ0) is 18.5. The Morgan fingerprint density at radius 3 is 1.96 bits per heavy atom. The van der Waals surface area contributed by atoms with E-state index in [0.29, 0.717) is 11.6 Å². The van der Waals surface area contributed by atoms with Crippen molar-refractivity contribution < 1.29 is 4.79 Å².